The summed E-state index contributed by atoms with van der Waals surface area (Å²) in [7, 11) is 0. The third kappa shape index (κ3) is 2.18. The third-order valence-electron chi connectivity index (χ3n) is 2.85. The number of hydrogen-bond acceptors (Lipinski definition) is 3. The Morgan fingerprint density at radius 2 is 1.95 bits per heavy atom. The summed E-state index contributed by atoms with van der Waals surface area (Å²) in [5.41, 5.74) is 3.18. The molecule has 4 heteroatoms. The molecule has 0 radical (unpaired) electrons. The summed E-state index contributed by atoms with van der Waals surface area (Å²) in [6.07, 6.45) is 0.402. The quantitative estimate of drug-likeness (QED) is 0.699. The van der Waals surface area contributed by atoms with Crippen molar-refractivity contribution in [2.75, 3.05) is 0 Å². The van der Waals surface area contributed by atoms with Crippen LogP contribution in [0.4, 0.5) is 0 Å². The maximum Gasteiger partial charge on any atom is 0.227 e. The molecular formula is C15H9ClN2O. The van der Waals surface area contributed by atoms with E-state index >= 15 is 0 Å². The highest BCUT2D eigenvalue weighted by Crippen LogP contribution is 2.29. The lowest BCUT2D eigenvalue weighted by Gasteiger charge is -1.97. The minimum atomic E-state index is 0.402. The maximum atomic E-state index is 8.64. The first-order chi connectivity index (χ1) is 9.28. The fourth-order valence-electron chi connectivity index (χ4n) is 1.90. The smallest absolute Gasteiger partial charge is 0.227 e. The van der Waals surface area contributed by atoms with Gasteiger partial charge in [0.15, 0.2) is 5.58 Å². The zero-order valence-corrected chi connectivity index (χ0v) is 10.7. The normalized spacial score (nSPS) is 10.5. The van der Waals surface area contributed by atoms with Crippen molar-refractivity contribution in [3.63, 3.8) is 0 Å². The molecule has 3 nitrogen and oxygen atoms in total. The molecule has 0 unspecified atom stereocenters. The number of nitriles is 1. The van der Waals surface area contributed by atoms with Gasteiger partial charge in [-0.25, -0.2) is 4.98 Å². The molecular weight excluding hydrogens is 260 g/mol. The van der Waals surface area contributed by atoms with E-state index in [0.29, 0.717) is 22.9 Å². The van der Waals surface area contributed by atoms with Crippen LogP contribution in [0.5, 0.6) is 0 Å². The second-order valence-electron chi connectivity index (χ2n) is 4.14. The van der Waals surface area contributed by atoms with Crippen molar-refractivity contribution in [1.29, 1.82) is 5.26 Å². The van der Waals surface area contributed by atoms with Crippen molar-refractivity contribution >= 4 is 22.7 Å². The Balaban J connectivity index is 2.04. The van der Waals surface area contributed by atoms with Crippen LogP contribution >= 0.6 is 11.6 Å². The van der Waals surface area contributed by atoms with Crippen molar-refractivity contribution < 1.29 is 4.42 Å². The van der Waals surface area contributed by atoms with Crippen molar-refractivity contribution in [3.8, 4) is 17.5 Å². The number of benzene rings is 2. The molecule has 3 aromatic rings. The molecule has 0 atom stereocenters. The van der Waals surface area contributed by atoms with Crippen molar-refractivity contribution in [3.05, 3.63) is 53.1 Å². The highest BCUT2D eigenvalue weighted by molar-refractivity contribution is 6.34. The average Bonchev–Trinajstić information content (AvgIpc) is 2.85. The highest BCUT2D eigenvalue weighted by Gasteiger charge is 2.10. The van der Waals surface area contributed by atoms with Crippen LogP contribution in [0.1, 0.15) is 5.56 Å². The molecule has 0 bridgehead atoms. The van der Waals surface area contributed by atoms with Gasteiger partial charge in [-0.05, 0) is 29.8 Å². The van der Waals surface area contributed by atoms with E-state index in [9.17, 15) is 0 Å². The molecule has 1 heterocycles. The van der Waals surface area contributed by atoms with E-state index in [1.54, 1.807) is 6.07 Å². The Labute approximate surface area is 115 Å². The Morgan fingerprint density at radius 1 is 1.16 bits per heavy atom. The molecule has 1 aromatic heterocycles. The van der Waals surface area contributed by atoms with Crippen LogP contribution < -0.4 is 0 Å². The topological polar surface area (TPSA) is 49.8 Å². The largest absolute Gasteiger partial charge is 0.435 e. The number of para-hydroxylation sites is 1. The molecule has 3 rings (SSSR count). The standard InChI is InChI=1S/C15H9ClN2O/c16-12-2-1-3-13-14(12)19-15(18-13)11-6-4-10(5-7-11)8-9-17/h1-7H,8H2. The molecule has 0 aliphatic carbocycles. The van der Waals surface area contributed by atoms with Gasteiger partial charge in [0.25, 0.3) is 0 Å². The van der Waals surface area contributed by atoms with E-state index in [1.807, 2.05) is 36.4 Å². The molecule has 0 amide bonds. The summed E-state index contributed by atoms with van der Waals surface area (Å²) in [6, 6.07) is 15.2. The molecule has 0 fully saturated rings. The van der Waals surface area contributed by atoms with Gasteiger partial charge in [0.05, 0.1) is 17.5 Å². The lowest BCUT2D eigenvalue weighted by atomic mass is 10.1. The summed E-state index contributed by atoms with van der Waals surface area (Å²) >= 11 is 6.05. The van der Waals surface area contributed by atoms with E-state index in [2.05, 4.69) is 11.1 Å². The molecule has 0 aliphatic heterocycles. The van der Waals surface area contributed by atoms with Gasteiger partial charge >= 0.3 is 0 Å². The van der Waals surface area contributed by atoms with Gasteiger partial charge < -0.3 is 4.42 Å². The fourth-order valence-corrected chi connectivity index (χ4v) is 2.10. The first-order valence-electron chi connectivity index (χ1n) is 5.79. The SMILES string of the molecule is N#CCc1ccc(-c2nc3cccc(Cl)c3o2)cc1. The van der Waals surface area contributed by atoms with Gasteiger partial charge in [0, 0.05) is 5.56 Å². The summed E-state index contributed by atoms with van der Waals surface area (Å²) in [5, 5.41) is 9.19. The summed E-state index contributed by atoms with van der Waals surface area (Å²) in [4.78, 5) is 4.40. The minimum Gasteiger partial charge on any atom is -0.435 e. The van der Waals surface area contributed by atoms with Gasteiger partial charge in [-0.15, -0.1) is 0 Å². The van der Waals surface area contributed by atoms with Gasteiger partial charge in [0.2, 0.25) is 5.89 Å². The fraction of sp³-hybridized carbons (Fsp3) is 0.0667. The van der Waals surface area contributed by atoms with Crippen LogP contribution in [-0.4, -0.2) is 4.98 Å². The average molecular weight is 269 g/mol. The molecule has 0 aliphatic rings. The zero-order valence-electron chi connectivity index (χ0n) is 9.93. The Bertz CT molecular complexity index is 769. The van der Waals surface area contributed by atoms with Crippen LogP contribution in [0.25, 0.3) is 22.6 Å². The third-order valence-corrected chi connectivity index (χ3v) is 3.15. The number of fused-ring (bicyclic) bond motifs is 1. The van der Waals surface area contributed by atoms with Gasteiger partial charge in [-0.2, -0.15) is 5.26 Å². The van der Waals surface area contributed by atoms with E-state index in [0.717, 1.165) is 16.6 Å². The molecule has 0 saturated carbocycles. The number of rotatable bonds is 2. The van der Waals surface area contributed by atoms with E-state index in [4.69, 9.17) is 21.3 Å². The summed E-state index contributed by atoms with van der Waals surface area (Å²) in [6.45, 7) is 0. The van der Waals surface area contributed by atoms with Crippen molar-refractivity contribution in [2.24, 2.45) is 0 Å². The monoisotopic (exact) mass is 268 g/mol. The number of nitrogens with zero attached hydrogens (tertiary/aromatic N) is 2. The second kappa shape index (κ2) is 4.75. The molecule has 2 aromatic carbocycles. The summed E-state index contributed by atoms with van der Waals surface area (Å²) in [5.74, 6) is 0.534. The maximum absolute atomic E-state index is 8.64. The minimum absolute atomic E-state index is 0.402. The Morgan fingerprint density at radius 3 is 2.63 bits per heavy atom. The van der Waals surface area contributed by atoms with E-state index in [-0.39, 0.29) is 0 Å². The Hall–Kier alpha value is -2.31. The molecule has 0 spiro atoms. The van der Waals surface area contributed by atoms with Crippen molar-refractivity contribution in [1.82, 2.24) is 4.98 Å². The van der Waals surface area contributed by atoms with E-state index < -0.39 is 0 Å². The Kier molecular flexibility index (Phi) is 2.94. The van der Waals surface area contributed by atoms with Gasteiger partial charge in [-0.1, -0.05) is 29.8 Å². The van der Waals surface area contributed by atoms with Gasteiger partial charge in [-0.3, -0.25) is 0 Å². The molecule has 19 heavy (non-hydrogen) atoms. The lowest BCUT2D eigenvalue weighted by Crippen LogP contribution is -1.82. The van der Waals surface area contributed by atoms with Crippen molar-refractivity contribution in [2.45, 2.75) is 6.42 Å². The molecule has 0 N–H and O–H groups in total. The summed E-state index contributed by atoms with van der Waals surface area (Å²) < 4.78 is 5.68. The molecule has 92 valence electrons. The number of aromatic nitrogens is 1. The zero-order chi connectivity index (χ0) is 13.2. The first-order valence-corrected chi connectivity index (χ1v) is 6.17. The van der Waals surface area contributed by atoms with Crippen LogP contribution in [-0.2, 0) is 6.42 Å². The van der Waals surface area contributed by atoms with Crippen LogP contribution in [0, 0.1) is 11.3 Å². The van der Waals surface area contributed by atoms with E-state index in [1.165, 1.54) is 0 Å². The number of hydrogen-bond donors (Lipinski definition) is 0. The number of oxazole rings is 1. The second-order valence-corrected chi connectivity index (χ2v) is 4.55. The van der Waals surface area contributed by atoms with Crippen LogP contribution in [0.15, 0.2) is 46.9 Å². The molecule has 0 saturated heterocycles. The highest BCUT2D eigenvalue weighted by atomic mass is 35.5. The lowest BCUT2D eigenvalue weighted by molar-refractivity contribution is 0.620. The predicted octanol–water partition coefficient (Wildman–Crippen LogP) is 4.21. The first kappa shape index (κ1) is 11.8. The predicted molar refractivity (Wildman–Crippen MR) is 73.8 cm³/mol. The van der Waals surface area contributed by atoms with Crippen LogP contribution in [0.2, 0.25) is 5.02 Å². The van der Waals surface area contributed by atoms with Crippen LogP contribution in [0.3, 0.4) is 0 Å². The van der Waals surface area contributed by atoms with Gasteiger partial charge in [0.1, 0.15) is 5.52 Å². The number of halogens is 1.